The summed E-state index contributed by atoms with van der Waals surface area (Å²) in [6.45, 7) is 1.97. The number of fused-ring (bicyclic) bond motifs is 1. The Morgan fingerprint density at radius 1 is 1.11 bits per heavy atom. The van der Waals surface area contributed by atoms with Crippen LogP contribution < -0.4 is 0 Å². The molecule has 0 saturated heterocycles. The first-order chi connectivity index (χ1) is 9.16. The molecule has 0 aliphatic heterocycles. The van der Waals surface area contributed by atoms with Crippen LogP contribution in [0.1, 0.15) is 16.1 Å². The minimum absolute atomic E-state index is 0.00759. The topological polar surface area (TPSA) is 50.4 Å². The summed E-state index contributed by atoms with van der Waals surface area (Å²) in [4.78, 5) is 11.4. The second-order valence-electron chi connectivity index (χ2n) is 4.48. The van der Waals surface area contributed by atoms with Crippen molar-refractivity contribution >= 4 is 16.9 Å². The van der Waals surface area contributed by atoms with Gasteiger partial charge in [0.1, 0.15) is 5.58 Å². The standard InChI is InChI=1S/C16H12O3/c1-10-7-8-13-12(9-10)14(15(19-13)16(17)18)11-5-3-2-4-6-11/h2-9H,1H3,(H,17,18). The molecular weight excluding hydrogens is 240 g/mol. The molecule has 0 fully saturated rings. The number of rotatable bonds is 2. The summed E-state index contributed by atoms with van der Waals surface area (Å²) >= 11 is 0. The number of aromatic carboxylic acids is 1. The number of carbonyl (C=O) groups is 1. The van der Waals surface area contributed by atoms with Gasteiger partial charge in [-0.25, -0.2) is 4.79 Å². The Kier molecular flexibility index (Phi) is 2.60. The molecule has 0 unspecified atom stereocenters. The van der Waals surface area contributed by atoms with E-state index >= 15 is 0 Å². The van der Waals surface area contributed by atoms with E-state index in [9.17, 15) is 9.90 Å². The van der Waals surface area contributed by atoms with Crippen molar-refractivity contribution in [2.75, 3.05) is 0 Å². The Morgan fingerprint density at radius 2 is 1.84 bits per heavy atom. The van der Waals surface area contributed by atoms with Crippen LogP contribution in [0.25, 0.3) is 22.1 Å². The first-order valence-corrected chi connectivity index (χ1v) is 5.98. The van der Waals surface area contributed by atoms with Crippen molar-refractivity contribution in [1.82, 2.24) is 0 Å². The molecule has 0 aliphatic carbocycles. The van der Waals surface area contributed by atoms with Crippen LogP contribution in [0.2, 0.25) is 0 Å². The molecule has 0 atom stereocenters. The highest BCUT2D eigenvalue weighted by molar-refractivity contribution is 6.05. The summed E-state index contributed by atoms with van der Waals surface area (Å²) in [6, 6.07) is 15.1. The van der Waals surface area contributed by atoms with Gasteiger partial charge in [-0.2, -0.15) is 0 Å². The van der Waals surface area contributed by atoms with Gasteiger partial charge >= 0.3 is 5.97 Å². The number of furan rings is 1. The van der Waals surface area contributed by atoms with Crippen LogP contribution in [0, 0.1) is 6.92 Å². The quantitative estimate of drug-likeness (QED) is 0.746. The van der Waals surface area contributed by atoms with Gasteiger partial charge in [0.2, 0.25) is 5.76 Å². The van der Waals surface area contributed by atoms with Gasteiger partial charge < -0.3 is 9.52 Å². The third-order valence-electron chi connectivity index (χ3n) is 3.10. The average molecular weight is 252 g/mol. The molecule has 0 aliphatic rings. The number of carboxylic acids is 1. The molecule has 19 heavy (non-hydrogen) atoms. The lowest BCUT2D eigenvalue weighted by molar-refractivity contribution is 0.0666. The highest BCUT2D eigenvalue weighted by Gasteiger charge is 2.20. The fourth-order valence-electron chi connectivity index (χ4n) is 2.25. The van der Waals surface area contributed by atoms with Gasteiger partial charge in [0.25, 0.3) is 0 Å². The van der Waals surface area contributed by atoms with Gasteiger partial charge in [-0.15, -0.1) is 0 Å². The van der Waals surface area contributed by atoms with Crippen molar-refractivity contribution in [3.05, 3.63) is 59.9 Å². The van der Waals surface area contributed by atoms with Gasteiger partial charge in [-0.05, 0) is 24.6 Å². The van der Waals surface area contributed by atoms with Gasteiger partial charge in [-0.1, -0.05) is 42.0 Å². The van der Waals surface area contributed by atoms with E-state index in [4.69, 9.17) is 4.42 Å². The van der Waals surface area contributed by atoms with E-state index in [0.717, 1.165) is 16.5 Å². The van der Waals surface area contributed by atoms with Crippen molar-refractivity contribution in [1.29, 1.82) is 0 Å². The van der Waals surface area contributed by atoms with Crippen molar-refractivity contribution in [2.24, 2.45) is 0 Å². The molecule has 1 N–H and O–H groups in total. The van der Waals surface area contributed by atoms with E-state index in [0.29, 0.717) is 11.1 Å². The molecule has 0 bridgehead atoms. The molecule has 3 aromatic rings. The lowest BCUT2D eigenvalue weighted by atomic mass is 10.0. The largest absolute Gasteiger partial charge is 0.475 e. The first-order valence-electron chi connectivity index (χ1n) is 5.98. The van der Waals surface area contributed by atoms with Crippen molar-refractivity contribution < 1.29 is 14.3 Å². The number of hydrogen-bond acceptors (Lipinski definition) is 2. The van der Waals surface area contributed by atoms with Crippen LogP contribution in [-0.2, 0) is 0 Å². The van der Waals surface area contributed by atoms with E-state index in [1.54, 1.807) is 0 Å². The molecule has 3 heteroatoms. The normalized spacial score (nSPS) is 10.8. The molecular formula is C16H12O3. The van der Waals surface area contributed by atoms with Crippen molar-refractivity contribution in [2.45, 2.75) is 6.92 Å². The minimum Gasteiger partial charge on any atom is -0.475 e. The second-order valence-corrected chi connectivity index (χ2v) is 4.48. The number of aryl methyl sites for hydroxylation is 1. The van der Waals surface area contributed by atoms with Gasteiger partial charge in [0, 0.05) is 10.9 Å². The summed E-state index contributed by atoms with van der Waals surface area (Å²) < 4.78 is 5.47. The Hall–Kier alpha value is -2.55. The SMILES string of the molecule is Cc1ccc2oc(C(=O)O)c(-c3ccccc3)c2c1. The van der Waals surface area contributed by atoms with Crippen LogP contribution in [0.5, 0.6) is 0 Å². The zero-order valence-electron chi connectivity index (χ0n) is 10.4. The zero-order valence-corrected chi connectivity index (χ0v) is 10.4. The Balaban J connectivity index is 2.40. The molecule has 0 saturated carbocycles. The van der Waals surface area contributed by atoms with E-state index in [-0.39, 0.29) is 5.76 Å². The second kappa shape index (κ2) is 4.28. The van der Waals surface area contributed by atoms with Crippen LogP contribution in [0.4, 0.5) is 0 Å². The smallest absolute Gasteiger partial charge is 0.372 e. The van der Waals surface area contributed by atoms with Gasteiger partial charge in [0.15, 0.2) is 0 Å². The number of hydrogen-bond donors (Lipinski definition) is 1. The Bertz CT molecular complexity index is 754. The summed E-state index contributed by atoms with van der Waals surface area (Å²) in [6.07, 6.45) is 0. The Labute approximate surface area is 110 Å². The molecule has 94 valence electrons. The molecule has 1 heterocycles. The highest BCUT2D eigenvalue weighted by atomic mass is 16.4. The van der Waals surface area contributed by atoms with Crippen LogP contribution in [-0.4, -0.2) is 11.1 Å². The molecule has 2 aromatic carbocycles. The number of carboxylic acid groups (broad SMARTS) is 1. The molecule has 0 radical (unpaired) electrons. The average Bonchev–Trinajstić information content (AvgIpc) is 2.78. The maximum absolute atomic E-state index is 11.4. The summed E-state index contributed by atoms with van der Waals surface area (Å²) in [5.74, 6) is -1.06. The van der Waals surface area contributed by atoms with Crippen LogP contribution in [0.3, 0.4) is 0 Å². The van der Waals surface area contributed by atoms with Gasteiger partial charge in [0.05, 0.1) is 0 Å². The lowest BCUT2D eigenvalue weighted by Crippen LogP contribution is -1.95. The zero-order chi connectivity index (χ0) is 13.4. The maximum atomic E-state index is 11.4. The summed E-state index contributed by atoms with van der Waals surface area (Å²) in [5, 5.41) is 10.1. The number of benzene rings is 2. The predicted octanol–water partition coefficient (Wildman–Crippen LogP) is 4.11. The van der Waals surface area contributed by atoms with E-state index in [1.807, 2.05) is 55.5 Å². The summed E-state index contributed by atoms with van der Waals surface area (Å²) in [5.41, 5.74) is 3.17. The first kappa shape index (κ1) is 11.5. The lowest BCUT2D eigenvalue weighted by Gasteiger charge is -2.00. The minimum atomic E-state index is -1.05. The van der Waals surface area contributed by atoms with Crippen LogP contribution in [0.15, 0.2) is 52.9 Å². The van der Waals surface area contributed by atoms with E-state index in [1.165, 1.54) is 0 Å². The molecule has 3 rings (SSSR count). The summed E-state index contributed by atoms with van der Waals surface area (Å²) in [7, 11) is 0. The van der Waals surface area contributed by atoms with Crippen LogP contribution >= 0.6 is 0 Å². The predicted molar refractivity (Wildman–Crippen MR) is 73.3 cm³/mol. The molecule has 0 amide bonds. The van der Waals surface area contributed by atoms with E-state index < -0.39 is 5.97 Å². The molecule has 3 nitrogen and oxygen atoms in total. The maximum Gasteiger partial charge on any atom is 0.372 e. The fraction of sp³-hybridized carbons (Fsp3) is 0.0625. The fourth-order valence-corrected chi connectivity index (χ4v) is 2.25. The third-order valence-corrected chi connectivity index (χ3v) is 3.10. The van der Waals surface area contributed by atoms with E-state index in [2.05, 4.69) is 0 Å². The van der Waals surface area contributed by atoms with Gasteiger partial charge in [-0.3, -0.25) is 0 Å². The third kappa shape index (κ3) is 1.89. The highest BCUT2D eigenvalue weighted by Crippen LogP contribution is 2.35. The molecule has 1 aromatic heterocycles. The Morgan fingerprint density at radius 3 is 2.53 bits per heavy atom. The van der Waals surface area contributed by atoms with Crippen molar-refractivity contribution in [3.8, 4) is 11.1 Å². The molecule has 0 spiro atoms. The monoisotopic (exact) mass is 252 g/mol. The van der Waals surface area contributed by atoms with Crippen molar-refractivity contribution in [3.63, 3.8) is 0 Å².